The third-order valence-electron chi connectivity index (χ3n) is 6.35. The third-order valence-corrected chi connectivity index (χ3v) is 6.35. The quantitative estimate of drug-likeness (QED) is 0.360. The van der Waals surface area contributed by atoms with Crippen LogP contribution in [0.3, 0.4) is 0 Å². The zero-order valence-electron chi connectivity index (χ0n) is 21.7. The molecule has 2 N–H and O–H groups in total. The van der Waals surface area contributed by atoms with Gasteiger partial charge in [-0.3, -0.25) is 0 Å². The highest BCUT2D eigenvalue weighted by atomic mass is 19.3. The molecule has 39 heavy (non-hydrogen) atoms. The van der Waals surface area contributed by atoms with Gasteiger partial charge < -0.3 is 19.9 Å². The minimum absolute atomic E-state index is 0.0145. The van der Waals surface area contributed by atoms with Gasteiger partial charge in [0.2, 0.25) is 0 Å². The molecule has 0 unspecified atom stereocenters. The van der Waals surface area contributed by atoms with E-state index in [1.807, 2.05) is 48.5 Å². The fourth-order valence-electron chi connectivity index (χ4n) is 4.53. The molecule has 1 aliphatic carbocycles. The molecule has 3 aromatic rings. The van der Waals surface area contributed by atoms with Crippen molar-refractivity contribution in [2.24, 2.45) is 0 Å². The summed E-state index contributed by atoms with van der Waals surface area (Å²) in [5.41, 5.74) is 2.86. The number of amides is 1. The molecule has 4 rings (SSSR count). The van der Waals surface area contributed by atoms with Crippen LogP contribution < -0.4 is 5.32 Å². The Kier molecular flexibility index (Phi) is 7.72. The largest absolute Gasteiger partial charge is 0.480 e. The second-order valence-electron chi connectivity index (χ2n) is 10.3. The predicted octanol–water partition coefficient (Wildman–Crippen LogP) is 5.65. The molecule has 0 saturated carbocycles. The van der Waals surface area contributed by atoms with Crippen molar-refractivity contribution in [3.8, 4) is 11.1 Å². The number of carbonyl (C=O) groups is 3. The van der Waals surface area contributed by atoms with Crippen molar-refractivity contribution in [2.45, 2.75) is 50.7 Å². The highest BCUT2D eigenvalue weighted by Crippen LogP contribution is 2.44. The first kappa shape index (κ1) is 27.8. The minimum atomic E-state index is -3.88. The van der Waals surface area contributed by atoms with Crippen LogP contribution in [0, 0.1) is 0 Å². The number of esters is 1. The lowest BCUT2D eigenvalue weighted by Gasteiger charge is -2.24. The van der Waals surface area contributed by atoms with Crippen LogP contribution in [-0.2, 0) is 31.4 Å². The Labute approximate surface area is 224 Å². The Morgan fingerprint density at radius 3 is 1.95 bits per heavy atom. The maximum Gasteiger partial charge on any atom is 0.407 e. The van der Waals surface area contributed by atoms with Gasteiger partial charge in [0.05, 0.1) is 0 Å². The smallest absolute Gasteiger partial charge is 0.407 e. The van der Waals surface area contributed by atoms with Crippen LogP contribution in [0.1, 0.15) is 48.9 Å². The molecular weight excluding hydrogens is 508 g/mol. The summed E-state index contributed by atoms with van der Waals surface area (Å²) in [5.74, 6) is -7.06. The average molecular weight is 538 g/mol. The topological polar surface area (TPSA) is 102 Å². The van der Waals surface area contributed by atoms with Gasteiger partial charge in [0.15, 0.2) is 0 Å². The van der Waals surface area contributed by atoms with Crippen LogP contribution in [0.2, 0.25) is 0 Å². The van der Waals surface area contributed by atoms with Crippen LogP contribution in [0.5, 0.6) is 0 Å². The van der Waals surface area contributed by atoms with E-state index >= 15 is 0 Å². The molecule has 1 atom stereocenters. The van der Waals surface area contributed by atoms with E-state index in [1.54, 1.807) is 0 Å². The minimum Gasteiger partial charge on any atom is -0.480 e. The van der Waals surface area contributed by atoms with E-state index in [1.165, 1.54) is 32.9 Å². The van der Waals surface area contributed by atoms with E-state index in [9.17, 15) is 28.3 Å². The Morgan fingerprint density at radius 1 is 0.897 bits per heavy atom. The van der Waals surface area contributed by atoms with E-state index in [0.717, 1.165) is 34.4 Å². The van der Waals surface area contributed by atoms with Crippen molar-refractivity contribution >= 4 is 18.0 Å². The first-order chi connectivity index (χ1) is 18.4. The van der Waals surface area contributed by atoms with Gasteiger partial charge in [-0.1, -0.05) is 72.8 Å². The zero-order chi connectivity index (χ0) is 28.4. The van der Waals surface area contributed by atoms with Gasteiger partial charge in [-0.05, 0) is 48.6 Å². The molecule has 0 bridgehead atoms. The standard InChI is InChI=1S/C30H29F2NO6/c1-29(2,3)39-27(36)30(31,32)19-14-12-18(13-15-19)16-25(26(34)35)33-28(37)38-17-24-22-10-6-4-8-20(22)21-9-5-7-11-23(21)24/h4-15,24-25H,16-17H2,1-3H3,(H,33,37)(H,34,35)/t25-/m0/s1. The van der Waals surface area contributed by atoms with Gasteiger partial charge >= 0.3 is 24.0 Å². The lowest BCUT2D eigenvalue weighted by Crippen LogP contribution is -2.43. The second-order valence-corrected chi connectivity index (χ2v) is 10.3. The van der Waals surface area contributed by atoms with Crippen LogP contribution >= 0.6 is 0 Å². The molecule has 0 heterocycles. The highest BCUT2D eigenvalue weighted by Gasteiger charge is 2.44. The molecule has 0 radical (unpaired) electrons. The second kappa shape index (κ2) is 10.8. The fraction of sp³-hybridized carbons (Fsp3) is 0.300. The number of benzene rings is 3. The Bertz CT molecular complexity index is 1340. The van der Waals surface area contributed by atoms with Crippen LogP contribution in [0.4, 0.5) is 13.6 Å². The van der Waals surface area contributed by atoms with Gasteiger partial charge in [0, 0.05) is 17.9 Å². The lowest BCUT2D eigenvalue weighted by atomic mass is 9.98. The van der Waals surface area contributed by atoms with Crippen molar-refractivity contribution < 1.29 is 37.7 Å². The molecule has 0 aliphatic heterocycles. The van der Waals surface area contributed by atoms with Crippen LogP contribution in [0.25, 0.3) is 11.1 Å². The normalized spacial score (nSPS) is 13.7. The predicted molar refractivity (Wildman–Crippen MR) is 140 cm³/mol. The molecule has 0 spiro atoms. The molecular formula is C30H29F2NO6. The Balaban J connectivity index is 1.39. The molecule has 204 valence electrons. The maximum absolute atomic E-state index is 14.5. The van der Waals surface area contributed by atoms with Crippen molar-refractivity contribution in [1.29, 1.82) is 0 Å². The molecule has 3 aromatic carbocycles. The van der Waals surface area contributed by atoms with E-state index in [-0.39, 0.29) is 18.9 Å². The zero-order valence-corrected chi connectivity index (χ0v) is 21.7. The number of nitrogens with one attached hydrogen (secondary N) is 1. The number of carboxylic acids is 1. The Hall–Kier alpha value is -4.27. The first-order valence-corrected chi connectivity index (χ1v) is 12.4. The summed E-state index contributed by atoms with van der Waals surface area (Å²) in [6, 6.07) is 18.9. The number of fused-ring (bicyclic) bond motifs is 3. The van der Waals surface area contributed by atoms with Crippen molar-refractivity contribution in [3.63, 3.8) is 0 Å². The molecule has 9 heteroatoms. The summed E-state index contributed by atoms with van der Waals surface area (Å²) in [4.78, 5) is 36.3. The van der Waals surface area contributed by atoms with Gasteiger partial charge in [-0.15, -0.1) is 0 Å². The number of halogens is 2. The Morgan fingerprint density at radius 2 is 1.44 bits per heavy atom. The fourth-order valence-corrected chi connectivity index (χ4v) is 4.53. The summed E-state index contributed by atoms with van der Waals surface area (Å²) in [7, 11) is 0. The number of hydrogen-bond donors (Lipinski definition) is 2. The van der Waals surface area contributed by atoms with Gasteiger partial charge in [-0.25, -0.2) is 14.4 Å². The molecule has 1 amide bonds. The molecule has 0 aromatic heterocycles. The van der Waals surface area contributed by atoms with E-state index in [4.69, 9.17) is 9.47 Å². The number of aliphatic carboxylic acids is 1. The number of alkyl carbamates (subject to hydrolysis) is 1. The molecule has 0 fully saturated rings. The number of alkyl halides is 2. The first-order valence-electron chi connectivity index (χ1n) is 12.4. The number of carbonyl (C=O) groups excluding carboxylic acids is 2. The van der Waals surface area contributed by atoms with Crippen LogP contribution in [-0.4, -0.2) is 41.4 Å². The van der Waals surface area contributed by atoms with E-state index in [2.05, 4.69) is 5.32 Å². The molecule has 7 nitrogen and oxygen atoms in total. The number of ether oxygens (including phenoxy) is 2. The number of rotatable bonds is 8. The van der Waals surface area contributed by atoms with Gasteiger partial charge in [-0.2, -0.15) is 8.78 Å². The summed E-state index contributed by atoms with van der Waals surface area (Å²) >= 11 is 0. The third kappa shape index (κ3) is 6.25. The van der Waals surface area contributed by atoms with Gasteiger partial charge in [0.1, 0.15) is 18.2 Å². The average Bonchev–Trinajstić information content (AvgIpc) is 3.20. The number of carboxylic acid groups (broad SMARTS) is 1. The SMILES string of the molecule is CC(C)(C)OC(=O)C(F)(F)c1ccc(C[C@H](NC(=O)OCC2c3ccccc3-c3ccccc32)C(=O)O)cc1. The summed E-state index contributed by atoms with van der Waals surface area (Å²) < 4.78 is 39.3. The van der Waals surface area contributed by atoms with Crippen molar-refractivity contribution in [1.82, 2.24) is 5.32 Å². The van der Waals surface area contributed by atoms with E-state index < -0.39 is 41.2 Å². The summed E-state index contributed by atoms with van der Waals surface area (Å²) in [6.07, 6.45) is -1.09. The van der Waals surface area contributed by atoms with Crippen molar-refractivity contribution in [2.75, 3.05) is 6.61 Å². The van der Waals surface area contributed by atoms with Crippen LogP contribution in [0.15, 0.2) is 72.8 Å². The molecule has 0 saturated heterocycles. The summed E-state index contributed by atoms with van der Waals surface area (Å²) in [5, 5.41) is 12.0. The van der Waals surface area contributed by atoms with E-state index in [0.29, 0.717) is 5.56 Å². The maximum atomic E-state index is 14.5. The highest BCUT2D eigenvalue weighted by molar-refractivity contribution is 5.82. The van der Waals surface area contributed by atoms with Crippen molar-refractivity contribution in [3.05, 3.63) is 95.1 Å². The lowest BCUT2D eigenvalue weighted by molar-refractivity contribution is -0.185. The number of hydrogen-bond acceptors (Lipinski definition) is 5. The molecule has 1 aliphatic rings. The summed E-state index contributed by atoms with van der Waals surface area (Å²) in [6.45, 7) is 4.47. The monoisotopic (exact) mass is 537 g/mol. The van der Waals surface area contributed by atoms with Gasteiger partial charge in [0.25, 0.3) is 0 Å².